The lowest BCUT2D eigenvalue weighted by Crippen LogP contribution is -2.33. The second-order valence-corrected chi connectivity index (χ2v) is 18.2. The molecule has 1 N–H and O–H groups in total. The van der Waals surface area contributed by atoms with Crippen LogP contribution in [-0.4, -0.2) is 36.1 Å². The smallest absolute Gasteiger partial charge is 0.402 e. The first-order valence-corrected chi connectivity index (χ1v) is 24.7. The Balaban J connectivity index is 1.30. The molecule has 65 heavy (non-hydrogen) atoms. The van der Waals surface area contributed by atoms with Gasteiger partial charge < -0.3 is 23.7 Å². The molecule has 5 rings (SSSR count). The lowest BCUT2D eigenvalue weighted by Gasteiger charge is -2.26. The molecular weight excluding hydrogens is 848 g/mol. The third kappa shape index (κ3) is 14.8. The van der Waals surface area contributed by atoms with Crippen molar-refractivity contribution in [1.82, 2.24) is 0 Å². The highest BCUT2D eigenvalue weighted by Gasteiger charge is 2.53. The van der Waals surface area contributed by atoms with Crippen molar-refractivity contribution in [2.45, 2.75) is 123 Å². The predicted molar refractivity (Wildman–Crippen MR) is 255 cm³/mol. The van der Waals surface area contributed by atoms with Gasteiger partial charge >= 0.3 is 19.2 Å². The van der Waals surface area contributed by atoms with E-state index in [1.54, 1.807) is 55.5 Å². The summed E-state index contributed by atoms with van der Waals surface area (Å²) in [4.78, 5) is 43.9. The van der Waals surface area contributed by atoms with E-state index in [1.165, 1.54) is 58.3 Å². The van der Waals surface area contributed by atoms with Crippen molar-refractivity contribution in [3.05, 3.63) is 138 Å². The molecule has 0 aliphatic heterocycles. The van der Waals surface area contributed by atoms with Gasteiger partial charge in [-0.15, -0.1) is 5.06 Å². The number of benzene rings is 5. The normalized spacial score (nSPS) is 12.8. The summed E-state index contributed by atoms with van der Waals surface area (Å²) >= 11 is 0. The number of rotatable bonds is 26. The Morgan fingerprint density at radius 3 is 1.42 bits per heavy atom. The number of halogens is 2. The molecule has 0 fully saturated rings. The molecule has 0 saturated heterocycles. The lowest BCUT2D eigenvalue weighted by molar-refractivity contribution is 0.0346. The lowest BCUT2D eigenvalue weighted by atomic mass is 10.0. The van der Waals surface area contributed by atoms with Gasteiger partial charge in [0.1, 0.15) is 11.5 Å². The summed E-state index contributed by atoms with van der Waals surface area (Å²) < 4.78 is 60.2. The van der Waals surface area contributed by atoms with Gasteiger partial charge in [0, 0.05) is 11.1 Å². The number of carbonyl (C=O) groups is 2. The number of hydroxylamine groups is 1. The molecule has 0 aliphatic carbocycles. The Bertz CT molecular complexity index is 2250. The summed E-state index contributed by atoms with van der Waals surface area (Å²) in [6.45, 7) is 8.78. The zero-order valence-electron chi connectivity index (χ0n) is 38.2. The zero-order valence-corrected chi connectivity index (χ0v) is 39.1. The van der Waals surface area contributed by atoms with Crippen molar-refractivity contribution in [3.63, 3.8) is 0 Å². The Hall–Kier alpha value is -5.35. The molecule has 5 aromatic rings. The third-order valence-corrected chi connectivity index (χ3v) is 12.8. The molecule has 348 valence electrons. The average Bonchev–Trinajstić information content (AvgIpc) is 3.32. The fourth-order valence-corrected chi connectivity index (χ4v) is 8.29. The van der Waals surface area contributed by atoms with Gasteiger partial charge in [-0.1, -0.05) is 146 Å². The van der Waals surface area contributed by atoms with Crippen LogP contribution in [0.4, 0.5) is 14.5 Å². The molecule has 0 radical (unpaired) electrons. The molecule has 0 aromatic heterocycles. The minimum atomic E-state index is -5.45. The van der Waals surface area contributed by atoms with Gasteiger partial charge in [0.25, 0.3) is 5.91 Å². The molecule has 2 unspecified atom stereocenters. The number of ether oxygens (including phenoxy) is 2. The van der Waals surface area contributed by atoms with Crippen molar-refractivity contribution < 1.29 is 46.7 Å². The maximum atomic E-state index is 15.4. The Kier molecular flexibility index (Phi) is 19.8. The number of carbonyl (C=O) groups excluding carboxylic acids is 2. The van der Waals surface area contributed by atoms with E-state index in [-0.39, 0.29) is 23.2 Å². The van der Waals surface area contributed by atoms with E-state index >= 15 is 8.78 Å². The summed E-state index contributed by atoms with van der Waals surface area (Å²) in [5, 5.41) is 0.723. The van der Waals surface area contributed by atoms with Crippen molar-refractivity contribution in [3.8, 4) is 33.8 Å². The summed E-state index contributed by atoms with van der Waals surface area (Å²) in [5.74, 6) is -0.0873. The Morgan fingerprint density at radius 1 is 0.585 bits per heavy atom. The average molecular weight is 912 g/mol. The SMILES string of the molecule is CCCCCCCCOc1ccc(-c2ccc(C(=O)ON(C(=O)c3ccc(-c4ccc(OCCCCCCCC)cc4)cc3)c3ccc(C(F)(F)P(=O)(O)OC(C)CC)cc3)cc2)cc1. The highest BCUT2D eigenvalue weighted by Crippen LogP contribution is 2.64. The van der Waals surface area contributed by atoms with Crippen LogP contribution < -0.4 is 14.5 Å². The minimum absolute atomic E-state index is 0.0745. The summed E-state index contributed by atoms with van der Waals surface area (Å²) in [5.41, 5.74) is -1.42. The maximum absolute atomic E-state index is 15.4. The number of hydrogen-bond donors (Lipinski definition) is 1. The number of hydrogen-bond acceptors (Lipinski definition) is 7. The van der Waals surface area contributed by atoms with E-state index in [9.17, 15) is 19.0 Å². The van der Waals surface area contributed by atoms with Crippen LogP contribution in [0.3, 0.4) is 0 Å². The van der Waals surface area contributed by atoms with E-state index in [0.717, 1.165) is 88.8 Å². The van der Waals surface area contributed by atoms with Crippen LogP contribution in [0, 0.1) is 0 Å². The molecule has 12 heteroatoms. The van der Waals surface area contributed by atoms with Crippen molar-refractivity contribution in [2.75, 3.05) is 18.3 Å². The monoisotopic (exact) mass is 911 g/mol. The van der Waals surface area contributed by atoms with Crippen LogP contribution in [0.25, 0.3) is 22.3 Å². The van der Waals surface area contributed by atoms with Crippen LogP contribution in [0.15, 0.2) is 121 Å². The van der Waals surface area contributed by atoms with Gasteiger partial charge in [-0.2, -0.15) is 8.78 Å². The van der Waals surface area contributed by atoms with Gasteiger partial charge in [0.05, 0.1) is 30.6 Å². The van der Waals surface area contributed by atoms with Gasteiger partial charge in [-0.25, -0.2) is 4.79 Å². The first-order valence-electron chi connectivity index (χ1n) is 23.1. The standard InChI is InChI=1S/C53H64F2NO8P/c1-5-8-10-12-14-16-38-61-49-34-26-43(27-35-49)41-18-22-45(23-19-41)51(57)56(48-32-30-47(31-33-48)53(54,55)65(59,60)64-40(4)7-3)63-52(58)46-24-20-42(21-25-46)44-28-36-50(37-29-44)62-39-17-15-13-11-9-6-2/h18-37,40H,5-17,38-39H2,1-4H3,(H,59,60). The first-order chi connectivity index (χ1) is 31.4. The summed E-state index contributed by atoms with van der Waals surface area (Å²) in [6, 6.07) is 32.7. The molecule has 0 aliphatic rings. The minimum Gasteiger partial charge on any atom is -0.494 e. The van der Waals surface area contributed by atoms with E-state index in [2.05, 4.69) is 13.8 Å². The molecule has 0 bridgehead atoms. The van der Waals surface area contributed by atoms with Gasteiger partial charge in [0.2, 0.25) is 0 Å². The molecule has 2 atom stereocenters. The maximum Gasteiger partial charge on any atom is 0.402 e. The van der Waals surface area contributed by atoms with Gasteiger partial charge in [-0.05, 0) is 109 Å². The Morgan fingerprint density at radius 2 is 0.985 bits per heavy atom. The second kappa shape index (κ2) is 25.4. The van der Waals surface area contributed by atoms with Crippen molar-refractivity contribution in [1.29, 1.82) is 0 Å². The number of alkyl halides is 2. The fourth-order valence-electron chi connectivity index (χ4n) is 7.05. The van der Waals surface area contributed by atoms with E-state index < -0.39 is 36.8 Å². The molecule has 0 saturated carbocycles. The highest BCUT2D eigenvalue weighted by molar-refractivity contribution is 7.53. The first kappa shape index (κ1) is 50.6. The second-order valence-electron chi connectivity index (χ2n) is 16.3. The number of unbranched alkanes of at least 4 members (excludes halogenated alkanes) is 10. The molecule has 0 spiro atoms. The Labute approximate surface area is 383 Å². The molecular formula is C53H64F2NO8P. The zero-order chi connectivity index (χ0) is 46.7. The van der Waals surface area contributed by atoms with Crippen LogP contribution in [0.2, 0.25) is 0 Å². The summed E-state index contributed by atoms with van der Waals surface area (Å²) in [7, 11) is -5.45. The molecule has 5 aromatic carbocycles. The predicted octanol–water partition coefficient (Wildman–Crippen LogP) is 15.0. The number of nitrogens with zero attached hydrogens (tertiary/aromatic N) is 1. The van der Waals surface area contributed by atoms with E-state index in [0.29, 0.717) is 13.2 Å². The molecule has 1 amide bonds. The van der Waals surface area contributed by atoms with Crippen molar-refractivity contribution >= 4 is 25.2 Å². The largest absolute Gasteiger partial charge is 0.494 e. The van der Waals surface area contributed by atoms with E-state index in [1.807, 2.05) is 48.5 Å². The molecule has 9 nitrogen and oxygen atoms in total. The number of amides is 1. The summed E-state index contributed by atoms with van der Waals surface area (Å²) in [6.07, 6.45) is 13.5. The van der Waals surface area contributed by atoms with Crippen LogP contribution in [0.5, 0.6) is 11.5 Å². The number of anilines is 1. The fraction of sp³-hybridized carbons (Fsp3) is 0.396. The van der Waals surface area contributed by atoms with Gasteiger partial charge in [0.15, 0.2) is 0 Å². The third-order valence-electron chi connectivity index (χ3n) is 11.2. The van der Waals surface area contributed by atoms with E-state index in [4.69, 9.17) is 18.8 Å². The van der Waals surface area contributed by atoms with Crippen LogP contribution >= 0.6 is 7.60 Å². The topological polar surface area (TPSA) is 112 Å². The molecule has 0 heterocycles. The van der Waals surface area contributed by atoms with Crippen LogP contribution in [0.1, 0.15) is 137 Å². The van der Waals surface area contributed by atoms with Crippen LogP contribution in [-0.2, 0) is 19.6 Å². The van der Waals surface area contributed by atoms with Gasteiger partial charge in [-0.3, -0.25) is 9.36 Å². The highest BCUT2D eigenvalue weighted by atomic mass is 31.2. The quantitative estimate of drug-likeness (QED) is 0.0332. The van der Waals surface area contributed by atoms with Crippen molar-refractivity contribution in [2.24, 2.45) is 0 Å².